The van der Waals surface area contributed by atoms with E-state index in [0.717, 1.165) is 45.2 Å². The summed E-state index contributed by atoms with van der Waals surface area (Å²) in [6.07, 6.45) is 2.32. The lowest BCUT2D eigenvalue weighted by Crippen LogP contribution is -2.30. The van der Waals surface area contributed by atoms with E-state index in [1.165, 1.54) is 17.5 Å². The Labute approximate surface area is 130 Å². The zero-order valence-corrected chi connectivity index (χ0v) is 14.0. The number of hydrogen-bond acceptors (Lipinski definition) is 3. The van der Waals surface area contributed by atoms with Gasteiger partial charge in [0.25, 0.3) is 0 Å². The largest absolute Gasteiger partial charge is 0.383 e. The van der Waals surface area contributed by atoms with Gasteiger partial charge in [-0.1, -0.05) is 32.0 Å². The van der Waals surface area contributed by atoms with E-state index in [1.807, 2.05) is 6.07 Å². The van der Waals surface area contributed by atoms with Crippen LogP contribution in [0.25, 0.3) is 0 Å². The standard InChI is InChI=1S/C18H30NO2/c1-16(2)9-10-17-7-5-6-8-18(17)15-19(11-13-20-3)12-14-21-4/h5-6,8,16H,9-15H2,1-4H3. The Morgan fingerprint density at radius 1 is 1.14 bits per heavy atom. The summed E-state index contributed by atoms with van der Waals surface area (Å²) in [6.45, 7) is 8.84. The molecule has 1 aromatic rings. The van der Waals surface area contributed by atoms with E-state index in [0.29, 0.717) is 0 Å². The van der Waals surface area contributed by atoms with Gasteiger partial charge in [0.1, 0.15) is 0 Å². The molecule has 1 rings (SSSR count). The Morgan fingerprint density at radius 3 is 2.38 bits per heavy atom. The third-order valence-corrected chi connectivity index (χ3v) is 3.63. The van der Waals surface area contributed by atoms with Crippen LogP contribution in [0.4, 0.5) is 0 Å². The molecule has 0 aliphatic heterocycles. The fourth-order valence-corrected chi connectivity index (χ4v) is 2.27. The first-order valence-electron chi connectivity index (χ1n) is 7.86. The summed E-state index contributed by atoms with van der Waals surface area (Å²) in [7, 11) is 3.50. The highest BCUT2D eigenvalue weighted by atomic mass is 16.5. The van der Waals surface area contributed by atoms with Crippen LogP contribution in [-0.2, 0) is 22.4 Å². The molecule has 0 amide bonds. The molecule has 0 N–H and O–H groups in total. The number of rotatable bonds is 11. The van der Waals surface area contributed by atoms with E-state index >= 15 is 0 Å². The Balaban J connectivity index is 2.67. The molecule has 0 saturated heterocycles. The molecule has 0 unspecified atom stereocenters. The van der Waals surface area contributed by atoms with Crippen LogP contribution in [-0.4, -0.2) is 45.4 Å². The van der Waals surface area contributed by atoms with E-state index in [9.17, 15) is 0 Å². The molecule has 0 aromatic heterocycles. The lowest BCUT2D eigenvalue weighted by Gasteiger charge is -2.23. The zero-order valence-electron chi connectivity index (χ0n) is 14.0. The maximum absolute atomic E-state index is 5.21. The fourth-order valence-electron chi connectivity index (χ4n) is 2.27. The molecule has 21 heavy (non-hydrogen) atoms. The Hall–Kier alpha value is -0.900. The normalized spacial score (nSPS) is 11.5. The highest BCUT2D eigenvalue weighted by Crippen LogP contribution is 2.15. The first kappa shape index (κ1) is 18.1. The molecule has 119 valence electrons. The van der Waals surface area contributed by atoms with Crippen molar-refractivity contribution in [1.82, 2.24) is 4.90 Å². The Bertz CT molecular complexity index is 371. The van der Waals surface area contributed by atoms with Crippen molar-refractivity contribution in [3.63, 3.8) is 0 Å². The third kappa shape index (κ3) is 7.60. The molecule has 3 nitrogen and oxygen atoms in total. The minimum atomic E-state index is 0.726. The molecule has 0 spiro atoms. The van der Waals surface area contributed by atoms with Gasteiger partial charge >= 0.3 is 0 Å². The van der Waals surface area contributed by atoms with E-state index < -0.39 is 0 Å². The molecule has 0 bridgehead atoms. The SMILES string of the molecule is COCCN(CCOC)Cc1ccc[c]c1CCC(C)C. The predicted molar refractivity (Wildman–Crippen MR) is 87.5 cm³/mol. The summed E-state index contributed by atoms with van der Waals surface area (Å²) >= 11 is 0. The monoisotopic (exact) mass is 292 g/mol. The van der Waals surface area contributed by atoms with E-state index in [4.69, 9.17) is 9.47 Å². The van der Waals surface area contributed by atoms with Gasteiger partial charge in [0.15, 0.2) is 0 Å². The van der Waals surface area contributed by atoms with Crippen molar-refractivity contribution >= 4 is 0 Å². The summed E-state index contributed by atoms with van der Waals surface area (Å²) in [5.41, 5.74) is 2.73. The third-order valence-electron chi connectivity index (χ3n) is 3.63. The van der Waals surface area contributed by atoms with Crippen LogP contribution in [0, 0.1) is 12.0 Å². The average Bonchev–Trinajstić information content (AvgIpc) is 2.48. The van der Waals surface area contributed by atoms with Gasteiger partial charge in [-0.2, -0.15) is 0 Å². The number of benzene rings is 1. The number of nitrogens with zero attached hydrogens (tertiary/aromatic N) is 1. The summed E-state index contributed by atoms with van der Waals surface area (Å²) in [5, 5.41) is 0. The number of hydrogen-bond donors (Lipinski definition) is 0. The summed E-state index contributed by atoms with van der Waals surface area (Å²) < 4.78 is 10.4. The number of aryl methyl sites for hydroxylation is 1. The molecule has 0 aliphatic rings. The Kier molecular flexibility index (Phi) is 9.31. The zero-order chi connectivity index (χ0) is 15.5. The summed E-state index contributed by atoms with van der Waals surface area (Å²) in [6, 6.07) is 9.75. The van der Waals surface area contributed by atoms with Gasteiger partial charge in [-0.15, -0.1) is 0 Å². The van der Waals surface area contributed by atoms with Crippen molar-refractivity contribution in [3.05, 3.63) is 35.4 Å². The van der Waals surface area contributed by atoms with Gasteiger partial charge in [0.05, 0.1) is 13.2 Å². The van der Waals surface area contributed by atoms with Crippen LogP contribution in [0.3, 0.4) is 0 Å². The first-order valence-corrected chi connectivity index (χ1v) is 7.86. The van der Waals surface area contributed by atoms with E-state index in [2.05, 4.69) is 36.9 Å². The van der Waals surface area contributed by atoms with Crippen LogP contribution in [0.15, 0.2) is 18.2 Å². The van der Waals surface area contributed by atoms with Crippen molar-refractivity contribution < 1.29 is 9.47 Å². The van der Waals surface area contributed by atoms with Crippen molar-refractivity contribution in [2.24, 2.45) is 5.92 Å². The molecule has 1 radical (unpaired) electrons. The highest BCUT2D eigenvalue weighted by Gasteiger charge is 2.09. The predicted octanol–water partition coefficient (Wildman–Crippen LogP) is 3.17. The van der Waals surface area contributed by atoms with Gasteiger partial charge in [-0.05, 0) is 36.0 Å². The molecule has 3 heteroatoms. The smallest absolute Gasteiger partial charge is 0.0589 e. The molecule has 0 saturated carbocycles. The molecule has 0 atom stereocenters. The van der Waals surface area contributed by atoms with Crippen molar-refractivity contribution in [1.29, 1.82) is 0 Å². The van der Waals surface area contributed by atoms with Gasteiger partial charge in [0.2, 0.25) is 0 Å². The quantitative estimate of drug-likeness (QED) is 0.625. The second-order valence-corrected chi connectivity index (χ2v) is 5.87. The highest BCUT2D eigenvalue weighted by molar-refractivity contribution is 5.26. The second-order valence-electron chi connectivity index (χ2n) is 5.87. The van der Waals surface area contributed by atoms with Gasteiger partial charge in [0, 0.05) is 33.9 Å². The molecule has 0 fully saturated rings. The summed E-state index contributed by atoms with van der Waals surface area (Å²) in [4.78, 5) is 2.38. The van der Waals surface area contributed by atoms with Crippen LogP contribution >= 0.6 is 0 Å². The topological polar surface area (TPSA) is 21.7 Å². The van der Waals surface area contributed by atoms with Crippen LogP contribution in [0.1, 0.15) is 31.4 Å². The molecular formula is C18H30NO2. The van der Waals surface area contributed by atoms with Gasteiger partial charge in [-0.3, -0.25) is 4.90 Å². The molecular weight excluding hydrogens is 262 g/mol. The molecule has 0 heterocycles. The van der Waals surface area contributed by atoms with Gasteiger partial charge in [-0.25, -0.2) is 0 Å². The van der Waals surface area contributed by atoms with Crippen molar-refractivity contribution in [2.75, 3.05) is 40.5 Å². The van der Waals surface area contributed by atoms with E-state index in [1.54, 1.807) is 14.2 Å². The minimum Gasteiger partial charge on any atom is -0.383 e. The first-order chi connectivity index (χ1) is 10.2. The lowest BCUT2D eigenvalue weighted by molar-refractivity contribution is 0.110. The van der Waals surface area contributed by atoms with Crippen LogP contribution < -0.4 is 0 Å². The second kappa shape index (κ2) is 10.8. The molecule has 1 aromatic carbocycles. The minimum absolute atomic E-state index is 0.726. The lowest BCUT2D eigenvalue weighted by atomic mass is 9.98. The maximum Gasteiger partial charge on any atom is 0.0589 e. The number of ether oxygens (including phenoxy) is 2. The summed E-state index contributed by atoms with van der Waals surface area (Å²) in [5.74, 6) is 0.726. The Morgan fingerprint density at radius 2 is 1.81 bits per heavy atom. The van der Waals surface area contributed by atoms with Crippen LogP contribution in [0.2, 0.25) is 0 Å². The average molecular weight is 292 g/mol. The van der Waals surface area contributed by atoms with Crippen molar-refractivity contribution in [3.8, 4) is 0 Å². The number of methoxy groups -OCH3 is 2. The van der Waals surface area contributed by atoms with Crippen LogP contribution in [0.5, 0.6) is 0 Å². The van der Waals surface area contributed by atoms with E-state index in [-0.39, 0.29) is 0 Å². The maximum atomic E-state index is 5.21. The van der Waals surface area contributed by atoms with Crippen molar-refractivity contribution in [2.45, 2.75) is 33.2 Å². The van der Waals surface area contributed by atoms with Gasteiger partial charge < -0.3 is 9.47 Å². The molecule has 0 aliphatic carbocycles. The fraction of sp³-hybridized carbons (Fsp3) is 0.667.